The monoisotopic (exact) mass is 406 g/mol. The van der Waals surface area contributed by atoms with E-state index >= 15 is 0 Å². The van der Waals surface area contributed by atoms with Gasteiger partial charge >= 0.3 is 5.97 Å². The quantitative estimate of drug-likeness (QED) is 0.355. The molecule has 0 bridgehead atoms. The van der Waals surface area contributed by atoms with E-state index in [0.717, 1.165) is 5.56 Å². The highest BCUT2D eigenvalue weighted by Gasteiger charge is 2.19. The second-order valence-corrected chi connectivity index (χ2v) is 6.17. The number of ether oxygens (including phenoxy) is 1. The van der Waals surface area contributed by atoms with Crippen LogP contribution in [0.4, 0.5) is 4.39 Å². The van der Waals surface area contributed by atoms with Crippen LogP contribution in [0.3, 0.4) is 0 Å². The van der Waals surface area contributed by atoms with Crippen molar-refractivity contribution in [2.75, 3.05) is 0 Å². The summed E-state index contributed by atoms with van der Waals surface area (Å²) in [4.78, 5) is 16.9. The molecule has 2 heterocycles. The van der Waals surface area contributed by atoms with Gasteiger partial charge in [0, 0.05) is 5.56 Å². The van der Waals surface area contributed by atoms with E-state index in [9.17, 15) is 9.18 Å². The van der Waals surface area contributed by atoms with Crippen molar-refractivity contribution in [2.24, 2.45) is 0 Å². The lowest BCUT2D eigenvalue weighted by atomic mass is 10.2. The molecule has 30 heavy (non-hydrogen) atoms. The molecule has 0 saturated heterocycles. The smallest absolute Gasteiger partial charge is 0.357 e. The fraction of sp³-hybridized carbons (Fsp3) is 0.100. The maximum Gasteiger partial charge on any atom is 0.357 e. The Labute approximate surface area is 169 Å². The standard InChI is InChI=1S/C20H15FN6O3/c1-13-23-25-26-27(13)17(11-14-5-3-2-4-6-14)20(28)29-12-18-22-19(24-30-18)15-7-9-16(21)10-8-15/h2-11H,12H2,1H3/b17-11-. The molecule has 0 unspecified atom stereocenters. The van der Waals surface area contributed by atoms with Crippen molar-refractivity contribution in [2.45, 2.75) is 13.5 Å². The number of aryl methyl sites for hydroxylation is 1. The minimum Gasteiger partial charge on any atom is -0.451 e. The van der Waals surface area contributed by atoms with Crippen molar-refractivity contribution in [1.82, 2.24) is 30.3 Å². The SMILES string of the molecule is Cc1nnnn1/C(=C\c1ccccc1)C(=O)OCc1nc(-c2ccc(F)cc2)no1. The van der Waals surface area contributed by atoms with Crippen LogP contribution in [0.2, 0.25) is 0 Å². The third-order valence-corrected chi connectivity index (χ3v) is 4.06. The van der Waals surface area contributed by atoms with Gasteiger partial charge in [-0.15, -0.1) is 5.10 Å². The first-order chi connectivity index (χ1) is 14.6. The highest BCUT2D eigenvalue weighted by molar-refractivity contribution is 6.15. The van der Waals surface area contributed by atoms with Crippen molar-refractivity contribution < 1.29 is 18.4 Å². The molecule has 150 valence electrons. The zero-order valence-electron chi connectivity index (χ0n) is 15.8. The van der Waals surface area contributed by atoms with Crippen LogP contribution in [-0.4, -0.2) is 36.3 Å². The number of aromatic nitrogens is 6. The van der Waals surface area contributed by atoms with E-state index in [1.54, 1.807) is 13.0 Å². The van der Waals surface area contributed by atoms with Crippen LogP contribution in [0.1, 0.15) is 17.3 Å². The Hall–Kier alpha value is -4.21. The number of carbonyl (C=O) groups excluding carboxylic acids is 1. The summed E-state index contributed by atoms with van der Waals surface area (Å²) in [5.41, 5.74) is 1.48. The summed E-state index contributed by atoms with van der Waals surface area (Å²) in [6, 6.07) is 14.9. The molecule has 0 aliphatic carbocycles. The van der Waals surface area contributed by atoms with E-state index in [0.29, 0.717) is 11.4 Å². The molecule has 0 spiro atoms. The van der Waals surface area contributed by atoms with Crippen LogP contribution in [0.15, 0.2) is 59.1 Å². The van der Waals surface area contributed by atoms with Gasteiger partial charge in [0.25, 0.3) is 5.89 Å². The molecular formula is C20H15FN6O3. The van der Waals surface area contributed by atoms with E-state index in [1.165, 1.54) is 28.9 Å². The zero-order chi connectivity index (χ0) is 20.9. The van der Waals surface area contributed by atoms with Gasteiger partial charge in [-0.1, -0.05) is 35.5 Å². The summed E-state index contributed by atoms with van der Waals surface area (Å²) in [7, 11) is 0. The fourth-order valence-electron chi connectivity index (χ4n) is 2.60. The van der Waals surface area contributed by atoms with Crippen LogP contribution < -0.4 is 0 Å². The van der Waals surface area contributed by atoms with Gasteiger partial charge in [0.2, 0.25) is 5.82 Å². The molecule has 4 rings (SSSR count). The van der Waals surface area contributed by atoms with Crippen LogP contribution >= 0.6 is 0 Å². The van der Waals surface area contributed by atoms with E-state index < -0.39 is 5.97 Å². The largest absolute Gasteiger partial charge is 0.451 e. The third-order valence-electron chi connectivity index (χ3n) is 4.06. The first-order valence-corrected chi connectivity index (χ1v) is 8.88. The van der Waals surface area contributed by atoms with E-state index in [-0.39, 0.29) is 29.8 Å². The molecule has 0 fully saturated rings. The summed E-state index contributed by atoms with van der Waals surface area (Å²) >= 11 is 0. The summed E-state index contributed by atoms with van der Waals surface area (Å²) in [6.45, 7) is 1.42. The maximum atomic E-state index is 13.1. The van der Waals surface area contributed by atoms with Crippen molar-refractivity contribution in [3.8, 4) is 11.4 Å². The summed E-state index contributed by atoms with van der Waals surface area (Å²) < 4.78 is 24.8. The molecule has 4 aromatic rings. The number of tetrazole rings is 1. The van der Waals surface area contributed by atoms with Gasteiger partial charge in [-0.3, -0.25) is 0 Å². The van der Waals surface area contributed by atoms with Crippen LogP contribution in [0.5, 0.6) is 0 Å². The van der Waals surface area contributed by atoms with Crippen LogP contribution in [0.25, 0.3) is 23.2 Å². The number of rotatable bonds is 6. The molecule has 0 aliphatic rings. The Morgan fingerprint density at radius 2 is 1.93 bits per heavy atom. The lowest BCUT2D eigenvalue weighted by Gasteiger charge is -2.07. The number of benzene rings is 2. The number of nitrogens with zero attached hydrogens (tertiary/aromatic N) is 6. The Balaban J connectivity index is 1.52. The number of hydrogen-bond donors (Lipinski definition) is 0. The average molecular weight is 406 g/mol. The zero-order valence-corrected chi connectivity index (χ0v) is 15.8. The van der Waals surface area contributed by atoms with Gasteiger partial charge < -0.3 is 9.26 Å². The average Bonchev–Trinajstić information content (AvgIpc) is 3.41. The van der Waals surface area contributed by atoms with E-state index in [4.69, 9.17) is 9.26 Å². The minimum atomic E-state index is -0.671. The Kier molecular flexibility index (Phi) is 5.37. The van der Waals surface area contributed by atoms with E-state index in [2.05, 4.69) is 25.7 Å². The van der Waals surface area contributed by atoms with Crippen molar-refractivity contribution >= 4 is 17.7 Å². The summed E-state index contributed by atoms with van der Waals surface area (Å²) in [5, 5.41) is 15.0. The van der Waals surface area contributed by atoms with Crippen molar-refractivity contribution in [3.05, 3.63) is 77.7 Å². The Morgan fingerprint density at radius 3 is 2.63 bits per heavy atom. The van der Waals surface area contributed by atoms with E-state index in [1.807, 2.05) is 30.3 Å². The highest BCUT2D eigenvalue weighted by atomic mass is 19.1. The summed E-state index contributed by atoms with van der Waals surface area (Å²) in [6.07, 6.45) is 1.61. The van der Waals surface area contributed by atoms with Crippen molar-refractivity contribution in [3.63, 3.8) is 0 Å². The second kappa shape index (κ2) is 8.43. The van der Waals surface area contributed by atoms with Crippen LogP contribution in [0, 0.1) is 12.7 Å². The Morgan fingerprint density at radius 1 is 1.17 bits per heavy atom. The lowest BCUT2D eigenvalue weighted by molar-refractivity contribution is -0.139. The maximum absolute atomic E-state index is 13.1. The number of hydrogen-bond acceptors (Lipinski definition) is 8. The summed E-state index contributed by atoms with van der Waals surface area (Å²) in [5.74, 6) is -0.263. The molecule has 0 N–H and O–H groups in total. The molecule has 0 saturated carbocycles. The lowest BCUT2D eigenvalue weighted by Crippen LogP contribution is -2.15. The number of carbonyl (C=O) groups is 1. The fourth-order valence-corrected chi connectivity index (χ4v) is 2.60. The molecular weight excluding hydrogens is 391 g/mol. The topological polar surface area (TPSA) is 109 Å². The normalized spacial score (nSPS) is 11.5. The Bertz CT molecular complexity index is 1180. The van der Waals surface area contributed by atoms with Crippen molar-refractivity contribution in [1.29, 1.82) is 0 Å². The molecule has 9 nitrogen and oxygen atoms in total. The first kappa shape index (κ1) is 19.1. The van der Waals surface area contributed by atoms with Gasteiger partial charge in [-0.25, -0.2) is 9.18 Å². The van der Waals surface area contributed by atoms with Gasteiger partial charge in [0.15, 0.2) is 18.1 Å². The molecule has 0 amide bonds. The van der Waals surface area contributed by atoms with Gasteiger partial charge in [0.05, 0.1) is 0 Å². The molecule has 2 aromatic carbocycles. The molecule has 0 aliphatic heterocycles. The predicted molar refractivity (Wildman–Crippen MR) is 103 cm³/mol. The second-order valence-electron chi connectivity index (χ2n) is 6.17. The number of esters is 1. The minimum absolute atomic E-state index is 0.0928. The van der Waals surface area contributed by atoms with Gasteiger partial charge in [-0.2, -0.15) is 9.67 Å². The highest BCUT2D eigenvalue weighted by Crippen LogP contribution is 2.18. The number of halogens is 1. The molecule has 10 heteroatoms. The molecule has 0 atom stereocenters. The third kappa shape index (κ3) is 4.27. The molecule has 2 aromatic heterocycles. The van der Waals surface area contributed by atoms with Gasteiger partial charge in [0.1, 0.15) is 5.82 Å². The molecule has 0 radical (unpaired) electrons. The first-order valence-electron chi connectivity index (χ1n) is 8.88. The van der Waals surface area contributed by atoms with Crippen LogP contribution in [-0.2, 0) is 16.1 Å². The predicted octanol–water partition coefficient (Wildman–Crippen LogP) is 2.91. The van der Waals surface area contributed by atoms with Gasteiger partial charge in [-0.05, 0) is 53.3 Å².